The quantitative estimate of drug-likeness (QED) is 0.706. The van der Waals surface area contributed by atoms with E-state index in [1.807, 2.05) is 30.3 Å². The van der Waals surface area contributed by atoms with Crippen LogP contribution in [0.15, 0.2) is 59.2 Å². The zero-order chi connectivity index (χ0) is 17.8. The number of carbonyl (C=O) groups excluding carboxylic acids is 1. The lowest BCUT2D eigenvalue weighted by Gasteiger charge is -2.07. The monoisotopic (exact) mass is 403 g/mol. The van der Waals surface area contributed by atoms with Crippen molar-refractivity contribution in [2.75, 3.05) is 7.11 Å². The number of nitrogens with one attached hydrogen (secondary N) is 1. The summed E-state index contributed by atoms with van der Waals surface area (Å²) >= 11 is 3.34. The molecular formula is C18H15BrFN3O2. The van der Waals surface area contributed by atoms with Gasteiger partial charge in [-0.15, -0.1) is 0 Å². The number of ether oxygens (including phenoxy) is 1. The molecule has 0 saturated heterocycles. The number of nitrogens with zero attached hydrogens (tertiary/aromatic N) is 2. The third-order valence-electron chi connectivity index (χ3n) is 3.58. The van der Waals surface area contributed by atoms with Crippen molar-refractivity contribution in [3.8, 4) is 11.4 Å². The van der Waals surface area contributed by atoms with E-state index in [-0.39, 0.29) is 18.1 Å². The highest BCUT2D eigenvalue weighted by atomic mass is 79.9. The lowest BCUT2D eigenvalue weighted by Crippen LogP contribution is -2.24. The Labute approximate surface area is 152 Å². The second-order valence-electron chi connectivity index (χ2n) is 5.24. The smallest absolute Gasteiger partial charge is 0.275 e. The summed E-state index contributed by atoms with van der Waals surface area (Å²) in [6.45, 7) is 0.165. The van der Waals surface area contributed by atoms with Crippen molar-refractivity contribution < 1.29 is 13.9 Å². The minimum absolute atomic E-state index is 0.165. The molecular weight excluding hydrogens is 389 g/mol. The Morgan fingerprint density at radius 3 is 2.76 bits per heavy atom. The third-order valence-corrected chi connectivity index (χ3v) is 4.36. The zero-order valence-corrected chi connectivity index (χ0v) is 15.0. The van der Waals surface area contributed by atoms with E-state index in [0.29, 0.717) is 11.3 Å². The number of hydrogen-bond donors (Lipinski definition) is 1. The van der Waals surface area contributed by atoms with Crippen LogP contribution in [-0.4, -0.2) is 22.8 Å². The van der Waals surface area contributed by atoms with E-state index in [2.05, 4.69) is 26.3 Å². The van der Waals surface area contributed by atoms with Crippen LogP contribution in [0.5, 0.6) is 5.75 Å². The molecule has 0 bridgehead atoms. The number of methoxy groups -OCH3 is 1. The number of rotatable bonds is 5. The third kappa shape index (κ3) is 3.88. The Morgan fingerprint density at radius 1 is 1.28 bits per heavy atom. The summed E-state index contributed by atoms with van der Waals surface area (Å²) in [5.41, 5.74) is 1.61. The Kier molecular flexibility index (Phi) is 5.14. The Balaban J connectivity index is 1.80. The largest absolute Gasteiger partial charge is 0.493 e. The van der Waals surface area contributed by atoms with E-state index >= 15 is 0 Å². The van der Waals surface area contributed by atoms with E-state index in [4.69, 9.17) is 4.74 Å². The molecule has 0 atom stereocenters. The fourth-order valence-corrected chi connectivity index (χ4v) is 2.70. The normalized spacial score (nSPS) is 10.5. The molecule has 0 aliphatic carbocycles. The van der Waals surface area contributed by atoms with Crippen molar-refractivity contribution >= 4 is 21.8 Å². The van der Waals surface area contributed by atoms with Crippen LogP contribution in [0.2, 0.25) is 0 Å². The highest BCUT2D eigenvalue weighted by molar-refractivity contribution is 9.10. The molecule has 0 saturated carbocycles. The number of hydrogen-bond acceptors (Lipinski definition) is 3. The summed E-state index contributed by atoms with van der Waals surface area (Å²) in [4.78, 5) is 12.5. The average molecular weight is 404 g/mol. The first kappa shape index (κ1) is 17.2. The molecule has 3 rings (SSSR count). The lowest BCUT2D eigenvalue weighted by atomic mass is 10.2. The van der Waals surface area contributed by atoms with Gasteiger partial charge < -0.3 is 10.1 Å². The van der Waals surface area contributed by atoms with Crippen LogP contribution in [0.4, 0.5) is 4.39 Å². The number of aromatic nitrogens is 2. The molecule has 0 aliphatic rings. The molecule has 25 heavy (non-hydrogen) atoms. The van der Waals surface area contributed by atoms with Crippen LogP contribution >= 0.6 is 15.9 Å². The van der Waals surface area contributed by atoms with Crippen molar-refractivity contribution in [1.29, 1.82) is 0 Å². The van der Waals surface area contributed by atoms with Gasteiger partial charge in [-0.2, -0.15) is 5.10 Å². The Bertz CT molecular complexity index is 897. The van der Waals surface area contributed by atoms with Gasteiger partial charge in [-0.3, -0.25) is 4.79 Å². The van der Waals surface area contributed by atoms with Gasteiger partial charge in [0.1, 0.15) is 5.82 Å². The maximum absolute atomic E-state index is 13.3. The van der Waals surface area contributed by atoms with E-state index in [1.54, 1.807) is 16.9 Å². The highest BCUT2D eigenvalue weighted by Gasteiger charge is 2.18. The van der Waals surface area contributed by atoms with Gasteiger partial charge in [-0.05, 0) is 35.9 Å². The van der Waals surface area contributed by atoms with Crippen molar-refractivity contribution in [1.82, 2.24) is 15.1 Å². The molecule has 1 heterocycles. The van der Waals surface area contributed by atoms with Gasteiger partial charge in [0.25, 0.3) is 5.91 Å². The molecule has 1 aromatic heterocycles. The maximum Gasteiger partial charge on any atom is 0.275 e. The number of halogens is 2. The second-order valence-corrected chi connectivity index (χ2v) is 6.10. The van der Waals surface area contributed by atoms with Crippen LogP contribution in [0.1, 0.15) is 16.1 Å². The highest BCUT2D eigenvalue weighted by Crippen LogP contribution is 2.21. The van der Waals surface area contributed by atoms with Crippen LogP contribution in [0.3, 0.4) is 0 Å². The van der Waals surface area contributed by atoms with Gasteiger partial charge in [-0.1, -0.05) is 34.1 Å². The number of amides is 1. The van der Waals surface area contributed by atoms with Crippen molar-refractivity contribution in [3.05, 3.63) is 76.3 Å². The summed E-state index contributed by atoms with van der Waals surface area (Å²) in [7, 11) is 1.48. The van der Waals surface area contributed by atoms with Crippen LogP contribution in [0, 0.1) is 5.82 Å². The topological polar surface area (TPSA) is 56.2 Å². The molecule has 0 spiro atoms. The molecule has 5 nitrogen and oxygen atoms in total. The van der Waals surface area contributed by atoms with Crippen LogP contribution < -0.4 is 10.1 Å². The number of para-hydroxylation sites is 1. The molecule has 3 aromatic rings. The number of benzene rings is 2. The second kappa shape index (κ2) is 7.48. The van der Waals surface area contributed by atoms with E-state index < -0.39 is 5.91 Å². The Hall–Kier alpha value is -2.67. The summed E-state index contributed by atoms with van der Waals surface area (Å²) in [6, 6.07) is 13.7. The van der Waals surface area contributed by atoms with Gasteiger partial charge >= 0.3 is 0 Å². The standard InChI is InChI=1S/C18H15BrFN3O2/c1-25-16-11-23(14-5-3-2-4-6-14)22-17(16)18(24)21-10-12-9-13(20)7-8-15(12)19/h2-9,11H,10H2,1H3,(H,21,24). The van der Waals surface area contributed by atoms with Crippen LogP contribution in [0.25, 0.3) is 5.69 Å². The summed E-state index contributed by atoms with van der Waals surface area (Å²) < 4.78 is 20.9. The summed E-state index contributed by atoms with van der Waals surface area (Å²) in [5.74, 6) is -0.402. The molecule has 1 N–H and O–H groups in total. The van der Waals surface area contributed by atoms with Crippen molar-refractivity contribution in [2.45, 2.75) is 6.54 Å². The predicted molar refractivity (Wildman–Crippen MR) is 95.4 cm³/mol. The number of carbonyl (C=O) groups is 1. The predicted octanol–water partition coefficient (Wildman–Crippen LogP) is 3.71. The lowest BCUT2D eigenvalue weighted by molar-refractivity contribution is 0.0942. The fraction of sp³-hybridized carbons (Fsp3) is 0.111. The molecule has 0 radical (unpaired) electrons. The molecule has 0 fully saturated rings. The first-order valence-corrected chi connectivity index (χ1v) is 8.29. The van der Waals surface area contributed by atoms with Gasteiger partial charge in [0.05, 0.1) is 19.0 Å². The minimum atomic E-state index is -0.400. The van der Waals surface area contributed by atoms with Gasteiger partial charge in [0.15, 0.2) is 11.4 Å². The molecule has 128 valence electrons. The molecule has 1 amide bonds. The van der Waals surface area contributed by atoms with Gasteiger partial charge in [0.2, 0.25) is 0 Å². The van der Waals surface area contributed by atoms with Gasteiger partial charge in [-0.25, -0.2) is 9.07 Å². The molecule has 2 aromatic carbocycles. The van der Waals surface area contributed by atoms with Crippen LogP contribution in [-0.2, 0) is 6.54 Å². The summed E-state index contributed by atoms with van der Waals surface area (Å²) in [6.07, 6.45) is 1.64. The van der Waals surface area contributed by atoms with Crippen molar-refractivity contribution in [3.63, 3.8) is 0 Å². The SMILES string of the molecule is COc1cn(-c2ccccc2)nc1C(=O)NCc1cc(F)ccc1Br. The van der Waals surface area contributed by atoms with Gasteiger partial charge in [0, 0.05) is 11.0 Å². The molecule has 0 unspecified atom stereocenters. The zero-order valence-electron chi connectivity index (χ0n) is 13.4. The summed E-state index contributed by atoms with van der Waals surface area (Å²) in [5, 5.41) is 7.03. The fourth-order valence-electron chi connectivity index (χ4n) is 2.32. The minimum Gasteiger partial charge on any atom is -0.493 e. The first-order chi connectivity index (χ1) is 12.1. The van der Waals surface area contributed by atoms with E-state index in [9.17, 15) is 9.18 Å². The maximum atomic E-state index is 13.3. The van der Waals surface area contributed by atoms with Crippen molar-refractivity contribution in [2.24, 2.45) is 0 Å². The average Bonchev–Trinajstić information content (AvgIpc) is 3.07. The first-order valence-electron chi connectivity index (χ1n) is 7.49. The molecule has 7 heteroatoms. The molecule has 0 aliphatic heterocycles. The van der Waals surface area contributed by atoms with E-state index in [1.165, 1.54) is 19.2 Å². The Morgan fingerprint density at radius 2 is 2.04 bits per heavy atom. The van der Waals surface area contributed by atoms with E-state index in [0.717, 1.165) is 10.2 Å².